The topological polar surface area (TPSA) is 17.1 Å². The highest BCUT2D eigenvalue weighted by molar-refractivity contribution is 5.94. The van der Waals surface area contributed by atoms with Crippen molar-refractivity contribution in [2.45, 2.75) is 20.8 Å². The van der Waals surface area contributed by atoms with Gasteiger partial charge >= 0.3 is 0 Å². The minimum Gasteiger partial charge on any atom is -0.295 e. The summed E-state index contributed by atoms with van der Waals surface area (Å²) < 4.78 is 0. The first-order valence-electron chi connectivity index (χ1n) is 3.69. The Hall–Kier alpha value is -1.11. The maximum Gasteiger partial charge on any atom is 0.159 e. The van der Waals surface area contributed by atoms with Gasteiger partial charge in [0.05, 0.1) is 0 Å². The maximum atomic E-state index is 10.9. The fraction of sp³-hybridized carbons (Fsp3) is 0.300. The van der Waals surface area contributed by atoms with Gasteiger partial charge in [0.25, 0.3) is 0 Å². The predicted molar refractivity (Wildman–Crippen MR) is 50.1 cm³/mol. The van der Waals surface area contributed by atoms with Crippen molar-refractivity contribution in [2.24, 2.45) is 0 Å². The van der Waals surface area contributed by atoms with Gasteiger partial charge in [0.15, 0.2) is 5.78 Å². The second-order valence-electron chi connectivity index (χ2n) is 2.93. The van der Waals surface area contributed by atoms with Crippen LogP contribution in [0.1, 0.15) is 31.3 Å². The second-order valence-corrected chi connectivity index (χ2v) is 2.93. The standard InChI is InChI=1S/C10H12O.2H2/c1-7-4-8(2)6-10(5-7)9(3)11;;/h4-6H,1-3H3;2*1H. The van der Waals surface area contributed by atoms with Gasteiger partial charge in [0.2, 0.25) is 0 Å². The average Bonchev–Trinajstić information content (AvgIpc) is 1.85. The number of rotatable bonds is 1. The van der Waals surface area contributed by atoms with Crippen molar-refractivity contribution in [1.82, 2.24) is 0 Å². The third-order valence-electron chi connectivity index (χ3n) is 1.63. The molecule has 1 nitrogen and oxygen atoms in total. The molecule has 0 fully saturated rings. The van der Waals surface area contributed by atoms with Crippen molar-refractivity contribution < 1.29 is 7.65 Å². The zero-order chi connectivity index (χ0) is 8.43. The molecular formula is C10H16O. The monoisotopic (exact) mass is 152 g/mol. The molecule has 0 aliphatic carbocycles. The van der Waals surface area contributed by atoms with Crippen molar-refractivity contribution in [2.75, 3.05) is 0 Å². The molecule has 0 aromatic heterocycles. The molecule has 0 unspecified atom stereocenters. The Bertz CT molecular complexity index is 275. The van der Waals surface area contributed by atoms with E-state index >= 15 is 0 Å². The summed E-state index contributed by atoms with van der Waals surface area (Å²) in [5.41, 5.74) is 3.10. The summed E-state index contributed by atoms with van der Waals surface area (Å²) in [7, 11) is 0. The third kappa shape index (κ3) is 1.90. The number of hydrogen-bond acceptors (Lipinski definition) is 1. The maximum absolute atomic E-state index is 10.9. The van der Waals surface area contributed by atoms with Crippen molar-refractivity contribution >= 4 is 5.78 Å². The number of aryl methyl sites for hydroxylation is 2. The van der Waals surface area contributed by atoms with Crippen LogP contribution in [-0.4, -0.2) is 5.78 Å². The lowest BCUT2D eigenvalue weighted by Gasteiger charge is -1.99. The SMILES string of the molecule is CC(=O)c1cc(C)cc(C)c1.[HH].[HH]. The van der Waals surface area contributed by atoms with Gasteiger partial charge in [-0.25, -0.2) is 0 Å². The van der Waals surface area contributed by atoms with Crippen LogP contribution in [0.5, 0.6) is 0 Å². The highest BCUT2D eigenvalue weighted by atomic mass is 16.1. The van der Waals surface area contributed by atoms with Crippen LogP contribution < -0.4 is 0 Å². The minimum atomic E-state index is 0. The van der Waals surface area contributed by atoms with Crippen molar-refractivity contribution in [3.63, 3.8) is 0 Å². The van der Waals surface area contributed by atoms with E-state index in [1.807, 2.05) is 26.0 Å². The molecule has 0 aliphatic rings. The molecule has 0 radical (unpaired) electrons. The predicted octanol–water partition coefficient (Wildman–Crippen LogP) is 3.00. The molecular weight excluding hydrogens is 136 g/mol. The molecule has 0 atom stereocenters. The lowest BCUT2D eigenvalue weighted by molar-refractivity contribution is 0.101. The molecule has 0 spiro atoms. The van der Waals surface area contributed by atoms with E-state index in [2.05, 4.69) is 6.07 Å². The number of carbonyl (C=O) groups is 1. The number of carbonyl (C=O) groups excluding carboxylic acids is 1. The summed E-state index contributed by atoms with van der Waals surface area (Å²) in [6.07, 6.45) is 0. The second kappa shape index (κ2) is 2.87. The van der Waals surface area contributed by atoms with Crippen LogP contribution in [0.4, 0.5) is 0 Å². The fourth-order valence-electron chi connectivity index (χ4n) is 1.18. The van der Waals surface area contributed by atoms with E-state index in [0.29, 0.717) is 0 Å². The van der Waals surface area contributed by atoms with E-state index in [-0.39, 0.29) is 8.64 Å². The Morgan fingerprint density at radius 2 is 1.64 bits per heavy atom. The Morgan fingerprint density at radius 1 is 1.18 bits per heavy atom. The number of Topliss-reactive ketones (excluding diaryl/α,β-unsaturated/α-hetero) is 1. The Morgan fingerprint density at radius 3 is 2.00 bits per heavy atom. The molecule has 0 bridgehead atoms. The molecule has 1 aromatic rings. The van der Waals surface area contributed by atoms with E-state index in [9.17, 15) is 4.79 Å². The molecule has 0 heterocycles. The summed E-state index contributed by atoms with van der Waals surface area (Å²) >= 11 is 0. The summed E-state index contributed by atoms with van der Waals surface area (Å²) in [5, 5.41) is 0. The summed E-state index contributed by atoms with van der Waals surface area (Å²) in [6.45, 7) is 5.59. The van der Waals surface area contributed by atoms with Gasteiger partial charge in [-0.3, -0.25) is 4.79 Å². The molecule has 1 rings (SSSR count). The highest BCUT2D eigenvalue weighted by Crippen LogP contribution is 2.08. The van der Waals surface area contributed by atoms with Crippen LogP contribution in [0.3, 0.4) is 0 Å². The van der Waals surface area contributed by atoms with E-state index in [1.54, 1.807) is 6.92 Å². The van der Waals surface area contributed by atoms with E-state index in [0.717, 1.165) is 16.7 Å². The smallest absolute Gasteiger partial charge is 0.159 e. The normalized spacial score (nSPS) is 9.73. The van der Waals surface area contributed by atoms with Crippen molar-refractivity contribution in [3.8, 4) is 0 Å². The summed E-state index contributed by atoms with van der Waals surface area (Å²) in [5.74, 6) is 0.136. The Labute approximate surface area is 70.0 Å². The van der Waals surface area contributed by atoms with Gasteiger partial charge in [0.1, 0.15) is 0 Å². The van der Waals surface area contributed by atoms with Crippen molar-refractivity contribution in [1.29, 1.82) is 0 Å². The van der Waals surface area contributed by atoms with E-state index < -0.39 is 0 Å². The molecule has 0 aliphatic heterocycles. The zero-order valence-electron chi connectivity index (χ0n) is 7.14. The molecule has 0 saturated heterocycles. The van der Waals surface area contributed by atoms with E-state index in [4.69, 9.17) is 0 Å². The lowest BCUT2D eigenvalue weighted by Crippen LogP contribution is -1.93. The van der Waals surface area contributed by atoms with Crippen LogP contribution in [0.25, 0.3) is 0 Å². The average molecular weight is 152 g/mol. The van der Waals surface area contributed by atoms with Crippen LogP contribution >= 0.6 is 0 Å². The molecule has 11 heavy (non-hydrogen) atoms. The summed E-state index contributed by atoms with van der Waals surface area (Å²) in [6, 6.07) is 5.89. The van der Waals surface area contributed by atoms with Crippen molar-refractivity contribution in [3.05, 3.63) is 34.9 Å². The Kier molecular flexibility index (Phi) is 2.08. The third-order valence-corrected chi connectivity index (χ3v) is 1.63. The van der Waals surface area contributed by atoms with Crippen LogP contribution in [0, 0.1) is 13.8 Å². The Balaban J connectivity index is 0. The molecule has 0 amide bonds. The minimum absolute atomic E-state index is 0. The van der Waals surface area contributed by atoms with Crippen LogP contribution in [0.2, 0.25) is 0 Å². The largest absolute Gasteiger partial charge is 0.295 e. The first kappa shape index (κ1) is 7.99. The number of benzene rings is 1. The first-order chi connectivity index (χ1) is 5.09. The van der Waals surface area contributed by atoms with Gasteiger partial charge in [-0.1, -0.05) is 17.2 Å². The van der Waals surface area contributed by atoms with Gasteiger partial charge in [-0.15, -0.1) is 0 Å². The molecule has 0 saturated carbocycles. The summed E-state index contributed by atoms with van der Waals surface area (Å²) in [4.78, 5) is 10.9. The zero-order valence-corrected chi connectivity index (χ0v) is 7.14. The van der Waals surface area contributed by atoms with Gasteiger partial charge < -0.3 is 0 Å². The number of ketones is 1. The molecule has 62 valence electrons. The fourth-order valence-corrected chi connectivity index (χ4v) is 1.18. The first-order valence-corrected chi connectivity index (χ1v) is 3.69. The molecule has 1 heteroatoms. The van der Waals surface area contributed by atoms with Gasteiger partial charge in [-0.2, -0.15) is 0 Å². The van der Waals surface area contributed by atoms with Crippen LogP contribution in [-0.2, 0) is 0 Å². The van der Waals surface area contributed by atoms with E-state index in [1.165, 1.54) is 0 Å². The lowest BCUT2D eigenvalue weighted by atomic mass is 10.1. The van der Waals surface area contributed by atoms with Crippen LogP contribution in [0.15, 0.2) is 18.2 Å². The van der Waals surface area contributed by atoms with Gasteiger partial charge in [-0.05, 0) is 32.9 Å². The number of hydrogen-bond donors (Lipinski definition) is 0. The van der Waals surface area contributed by atoms with Gasteiger partial charge in [0, 0.05) is 8.42 Å². The molecule has 1 aromatic carbocycles. The quantitative estimate of drug-likeness (QED) is 0.565. The highest BCUT2D eigenvalue weighted by Gasteiger charge is 1.99. The molecule has 0 N–H and O–H groups in total.